The van der Waals surface area contributed by atoms with Crippen molar-refractivity contribution < 1.29 is 4.42 Å². The summed E-state index contributed by atoms with van der Waals surface area (Å²) in [6, 6.07) is 28.5. The van der Waals surface area contributed by atoms with E-state index in [4.69, 9.17) is 4.42 Å². The number of thiazole rings is 1. The molecule has 3 aromatic heterocycles. The number of nitrogens with one attached hydrogen (secondary N) is 1. The molecule has 0 bridgehead atoms. The van der Waals surface area contributed by atoms with Crippen LogP contribution in [-0.2, 0) is 6.54 Å². The van der Waals surface area contributed by atoms with E-state index in [0.717, 1.165) is 32.4 Å². The van der Waals surface area contributed by atoms with Crippen molar-refractivity contribution in [3.8, 4) is 10.8 Å². The third-order valence-electron chi connectivity index (χ3n) is 4.76. The number of rotatable bonds is 6. The standard InChI is InChI=1S/C24H19N3OS/c1-2-8-17(9-3-1)23(20-11-6-7-15-25-20)26-16-18-13-14-21(28-18)24-27-19-10-4-5-12-22(19)29-24/h1-15,23,26H,16H2/t23-/m0/s1. The van der Waals surface area contributed by atoms with Gasteiger partial charge >= 0.3 is 0 Å². The Hall–Kier alpha value is -3.28. The molecule has 0 aliphatic rings. The quantitative estimate of drug-likeness (QED) is 0.392. The lowest BCUT2D eigenvalue weighted by atomic mass is 10.0. The largest absolute Gasteiger partial charge is 0.457 e. The molecular weight excluding hydrogens is 378 g/mol. The normalized spacial score (nSPS) is 12.3. The van der Waals surface area contributed by atoms with Crippen LogP contribution in [0.3, 0.4) is 0 Å². The average Bonchev–Trinajstić information content (AvgIpc) is 3.42. The van der Waals surface area contributed by atoms with Gasteiger partial charge in [-0.2, -0.15) is 0 Å². The Kier molecular flexibility index (Phi) is 4.90. The summed E-state index contributed by atoms with van der Waals surface area (Å²) in [4.78, 5) is 9.22. The van der Waals surface area contributed by atoms with Gasteiger partial charge in [0, 0.05) is 6.20 Å². The Bertz CT molecular complexity index is 1140. The molecule has 5 heteroatoms. The molecule has 3 heterocycles. The van der Waals surface area contributed by atoms with E-state index >= 15 is 0 Å². The van der Waals surface area contributed by atoms with Crippen LogP contribution in [0.15, 0.2) is 95.5 Å². The molecule has 29 heavy (non-hydrogen) atoms. The number of hydrogen-bond donors (Lipinski definition) is 1. The summed E-state index contributed by atoms with van der Waals surface area (Å²) in [5.41, 5.74) is 3.16. The van der Waals surface area contributed by atoms with Crippen LogP contribution in [0.2, 0.25) is 0 Å². The lowest BCUT2D eigenvalue weighted by Gasteiger charge is -2.18. The fourth-order valence-corrected chi connectivity index (χ4v) is 4.28. The Morgan fingerprint density at radius 2 is 1.69 bits per heavy atom. The molecule has 2 aromatic carbocycles. The molecule has 0 saturated carbocycles. The van der Waals surface area contributed by atoms with Gasteiger partial charge in [0.2, 0.25) is 0 Å². The first-order valence-electron chi connectivity index (χ1n) is 9.51. The van der Waals surface area contributed by atoms with Gasteiger partial charge in [0.25, 0.3) is 0 Å². The zero-order valence-corrected chi connectivity index (χ0v) is 16.5. The second-order valence-electron chi connectivity index (χ2n) is 6.73. The van der Waals surface area contributed by atoms with Crippen molar-refractivity contribution in [2.75, 3.05) is 0 Å². The monoisotopic (exact) mass is 397 g/mol. The Balaban J connectivity index is 1.37. The molecule has 5 rings (SSSR count). The van der Waals surface area contributed by atoms with E-state index in [-0.39, 0.29) is 6.04 Å². The Morgan fingerprint density at radius 3 is 2.52 bits per heavy atom. The highest BCUT2D eigenvalue weighted by molar-refractivity contribution is 7.21. The third-order valence-corrected chi connectivity index (χ3v) is 5.81. The van der Waals surface area contributed by atoms with Gasteiger partial charge in [0.15, 0.2) is 10.8 Å². The fraction of sp³-hybridized carbons (Fsp3) is 0.0833. The maximum absolute atomic E-state index is 6.09. The molecule has 4 nitrogen and oxygen atoms in total. The van der Waals surface area contributed by atoms with Crippen LogP contribution in [0.4, 0.5) is 0 Å². The molecule has 0 amide bonds. The molecule has 0 saturated heterocycles. The van der Waals surface area contributed by atoms with E-state index in [1.807, 2.05) is 72.9 Å². The molecule has 0 aliphatic heterocycles. The molecule has 5 aromatic rings. The van der Waals surface area contributed by atoms with E-state index in [1.54, 1.807) is 11.3 Å². The molecule has 0 fully saturated rings. The maximum atomic E-state index is 6.09. The smallest absolute Gasteiger partial charge is 0.163 e. The van der Waals surface area contributed by atoms with Crippen molar-refractivity contribution in [2.45, 2.75) is 12.6 Å². The number of benzene rings is 2. The van der Waals surface area contributed by atoms with Crippen LogP contribution in [0.1, 0.15) is 23.1 Å². The van der Waals surface area contributed by atoms with Crippen molar-refractivity contribution in [1.29, 1.82) is 0 Å². The number of furan rings is 1. The molecule has 0 aliphatic carbocycles. The van der Waals surface area contributed by atoms with E-state index in [0.29, 0.717) is 6.54 Å². The molecule has 0 unspecified atom stereocenters. The minimum absolute atomic E-state index is 0.00611. The van der Waals surface area contributed by atoms with Crippen LogP contribution < -0.4 is 5.32 Å². The molecule has 0 radical (unpaired) electrons. The van der Waals surface area contributed by atoms with Crippen molar-refractivity contribution in [3.63, 3.8) is 0 Å². The Morgan fingerprint density at radius 1 is 0.862 bits per heavy atom. The molecule has 142 valence electrons. The minimum Gasteiger partial charge on any atom is -0.457 e. The summed E-state index contributed by atoms with van der Waals surface area (Å²) in [5, 5.41) is 4.49. The van der Waals surface area contributed by atoms with Crippen molar-refractivity contribution in [3.05, 3.63) is 108 Å². The van der Waals surface area contributed by atoms with Crippen LogP contribution in [0, 0.1) is 0 Å². The Labute approximate surface area is 172 Å². The summed E-state index contributed by atoms with van der Waals surface area (Å²) in [6.45, 7) is 0.598. The van der Waals surface area contributed by atoms with Crippen molar-refractivity contribution in [1.82, 2.24) is 15.3 Å². The van der Waals surface area contributed by atoms with Gasteiger partial charge in [-0.25, -0.2) is 4.98 Å². The average molecular weight is 398 g/mol. The van der Waals surface area contributed by atoms with Crippen LogP contribution >= 0.6 is 11.3 Å². The van der Waals surface area contributed by atoms with E-state index < -0.39 is 0 Å². The highest BCUT2D eigenvalue weighted by Crippen LogP contribution is 2.31. The number of aromatic nitrogens is 2. The predicted molar refractivity (Wildman–Crippen MR) is 117 cm³/mol. The van der Waals surface area contributed by atoms with Crippen LogP contribution in [-0.4, -0.2) is 9.97 Å². The first-order chi connectivity index (χ1) is 14.4. The van der Waals surface area contributed by atoms with Crippen LogP contribution in [0.25, 0.3) is 21.0 Å². The number of para-hydroxylation sites is 1. The summed E-state index contributed by atoms with van der Waals surface area (Å²) < 4.78 is 7.25. The summed E-state index contributed by atoms with van der Waals surface area (Å²) in [6.07, 6.45) is 1.82. The predicted octanol–water partition coefficient (Wildman–Crippen LogP) is 5.83. The number of fused-ring (bicyclic) bond motifs is 1. The maximum Gasteiger partial charge on any atom is 0.163 e. The molecule has 1 N–H and O–H groups in total. The van der Waals surface area contributed by atoms with E-state index in [2.05, 4.69) is 33.5 Å². The second-order valence-corrected chi connectivity index (χ2v) is 7.76. The molecule has 1 atom stereocenters. The SMILES string of the molecule is c1ccc([C@H](NCc2ccc(-c3nc4ccccc4s3)o2)c2ccccn2)cc1. The van der Waals surface area contributed by atoms with Gasteiger partial charge in [0.05, 0.1) is 28.5 Å². The highest BCUT2D eigenvalue weighted by atomic mass is 32.1. The summed E-state index contributed by atoms with van der Waals surface area (Å²) in [7, 11) is 0. The second kappa shape index (κ2) is 7.99. The lowest BCUT2D eigenvalue weighted by Crippen LogP contribution is -2.22. The number of nitrogens with zero attached hydrogens (tertiary/aromatic N) is 2. The van der Waals surface area contributed by atoms with E-state index in [9.17, 15) is 0 Å². The third kappa shape index (κ3) is 3.83. The van der Waals surface area contributed by atoms with Gasteiger partial charge in [-0.05, 0) is 42.0 Å². The van der Waals surface area contributed by atoms with Gasteiger partial charge in [-0.15, -0.1) is 11.3 Å². The first-order valence-corrected chi connectivity index (χ1v) is 10.3. The number of hydrogen-bond acceptors (Lipinski definition) is 5. The van der Waals surface area contributed by atoms with Crippen LogP contribution in [0.5, 0.6) is 0 Å². The molecular formula is C24H19N3OS. The first kappa shape index (κ1) is 17.8. The van der Waals surface area contributed by atoms with Crippen molar-refractivity contribution >= 4 is 21.6 Å². The van der Waals surface area contributed by atoms with Gasteiger partial charge in [0.1, 0.15) is 5.76 Å². The summed E-state index contributed by atoms with van der Waals surface area (Å²) >= 11 is 1.65. The minimum atomic E-state index is -0.00611. The van der Waals surface area contributed by atoms with Gasteiger partial charge in [-0.3, -0.25) is 10.3 Å². The lowest BCUT2D eigenvalue weighted by molar-refractivity contribution is 0.474. The summed E-state index contributed by atoms with van der Waals surface area (Å²) in [5.74, 6) is 1.67. The van der Waals surface area contributed by atoms with Gasteiger partial charge < -0.3 is 4.42 Å². The van der Waals surface area contributed by atoms with Crippen molar-refractivity contribution in [2.24, 2.45) is 0 Å². The zero-order chi connectivity index (χ0) is 19.5. The highest BCUT2D eigenvalue weighted by Gasteiger charge is 2.16. The fourth-order valence-electron chi connectivity index (χ4n) is 3.35. The number of pyridine rings is 1. The topological polar surface area (TPSA) is 51.0 Å². The zero-order valence-electron chi connectivity index (χ0n) is 15.7. The molecule has 0 spiro atoms. The van der Waals surface area contributed by atoms with E-state index in [1.165, 1.54) is 5.56 Å². The van der Waals surface area contributed by atoms with Gasteiger partial charge in [-0.1, -0.05) is 48.5 Å².